The van der Waals surface area contributed by atoms with Crippen LogP contribution in [0.4, 0.5) is 0 Å². The molecule has 6 nitrogen and oxygen atoms in total. The highest BCUT2D eigenvalue weighted by molar-refractivity contribution is 5.82. The third-order valence-electron chi connectivity index (χ3n) is 6.66. The number of unbranched alkanes of at least 4 members (excludes halogenated alkanes) is 1. The SMILES string of the molecule is CC(C)[C@@H]1CC[C@@H](C)C[C@H]1C(=O)NC[C@@H](NC(=O)[C@@H](N)CCCCN)c1ccccc1. The number of carbonyl (C=O) groups excluding carboxylic acids is 2. The summed E-state index contributed by atoms with van der Waals surface area (Å²) in [6.07, 6.45) is 5.52. The Labute approximate surface area is 187 Å². The van der Waals surface area contributed by atoms with Gasteiger partial charge in [0.2, 0.25) is 11.8 Å². The number of hydrogen-bond donors (Lipinski definition) is 4. The lowest BCUT2D eigenvalue weighted by Gasteiger charge is -2.36. The number of amides is 2. The topological polar surface area (TPSA) is 110 Å². The minimum absolute atomic E-state index is 0.0365. The molecular weight excluding hydrogens is 388 g/mol. The predicted octanol–water partition coefficient (Wildman–Crippen LogP) is 3.12. The Bertz CT molecular complexity index is 679. The van der Waals surface area contributed by atoms with Gasteiger partial charge in [-0.05, 0) is 55.5 Å². The summed E-state index contributed by atoms with van der Waals surface area (Å²) in [6, 6.07) is 8.88. The molecule has 1 aromatic rings. The number of nitrogens with two attached hydrogens (primary N) is 2. The highest BCUT2D eigenvalue weighted by Crippen LogP contribution is 2.38. The van der Waals surface area contributed by atoms with Crippen molar-refractivity contribution in [3.63, 3.8) is 0 Å². The van der Waals surface area contributed by atoms with Crippen LogP contribution in [0.2, 0.25) is 0 Å². The first-order chi connectivity index (χ1) is 14.8. The standard InChI is InChI=1S/C25H42N4O2/c1-17(2)20-13-12-18(3)15-21(20)24(30)28-16-23(19-9-5-4-6-10-19)29-25(31)22(27)11-7-8-14-26/h4-6,9-10,17-18,20-23H,7-8,11-16,26-27H2,1-3H3,(H,28,30)(H,29,31)/t18-,20+,21-,22+,23-/m1/s1. The second-order valence-electron chi connectivity index (χ2n) is 9.54. The molecule has 31 heavy (non-hydrogen) atoms. The van der Waals surface area contributed by atoms with Crippen molar-refractivity contribution in [2.75, 3.05) is 13.1 Å². The van der Waals surface area contributed by atoms with E-state index in [1.807, 2.05) is 30.3 Å². The normalized spacial score (nSPS) is 23.2. The summed E-state index contributed by atoms with van der Waals surface area (Å²) in [4.78, 5) is 25.8. The maximum absolute atomic E-state index is 13.1. The second-order valence-corrected chi connectivity index (χ2v) is 9.54. The van der Waals surface area contributed by atoms with Crippen LogP contribution < -0.4 is 22.1 Å². The highest BCUT2D eigenvalue weighted by Gasteiger charge is 2.35. The van der Waals surface area contributed by atoms with E-state index in [2.05, 4.69) is 31.4 Å². The minimum atomic E-state index is -0.571. The summed E-state index contributed by atoms with van der Waals surface area (Å²) in [7, 11) is 0. The Hall–Kier alpha value is -1.92. The molecule has 1 saturated carbocycles. The molecule has 0 saturated heterocycles. The molecule has 0 heterocycles. The molecule has 2 rings (SSSR count). The number of rotatable bonds is 11. The molecule has 174 valence electrons. The van der Waals surface area contributed by atoms with E-state index in [1.165, 1.54) is 6.42 Å². The van der Waals surface area contributed by atoms with Crippen LogP contribution in [0.1, 0.15) is 70.9 Å². The fourth-order valence-electron chi connectivity index (χ4n) is 4.69. The van der Waals surface area contributed by atoms with Gasteiger partial charge in [-0.2, -0.15) is 0 Å². The monoisotopic (exact) mass is 430 g/mol. The molecule has 5 atom stereocenters. The van der Waals surface area contributed by atoms with Crippen molar-refractivity contribution in [3.05, 3.63) is 35.9 Å². The van der Waals surface area contributed by atoms with Gasteiger partial charge in [-0.1, -0.05) is 63.9 Å². The van der Waals surface area contributed by atoms with Gasteiger partial charge in [0.1, 0.15) is 0 Å². The Balaban J connectivity index is 2.02. The van der Waals surface area contributed by atoms with Crippen molar-refractivity contribution in [2.45, 2.75) is 71.4 Å². The molecule has 0 radical (unpaired) electrons. The van der Waals surface area contributed by atoms with Crippen LogP contribution in [-0.2, 0) is 9.59 Å². The van der Waals surface area contributed by atoms with Gasteiger partial charge in [0.05, 0.1) is 12.1 Å². The van der Waals surface area contributed by atoms with E-state index in [1.54, 1.807) is 0 Å². The van der Waals surface area contributed by atoms with Crippen LogP contribution in [0.25, 0.3) is 0 Å². The second kappa shape index (κ2) is 12.8. The molecule has 0 spiro atoms. The minimum Gasteiger partial charge on any atom is -0.353 e. The Morgan fingerprint density at radius 3 is 2.48 bits per heavy atom. The lowest BCUT2D eigenvalue weighted by molar-refractivity contribution is -0.130. The Morgan fingerprint density at radius 2 is 1.84 bits per heavy atom. The summed E-state index contributed by atoms with van der Waals surface area (Å²) >= 11 is 0. The van der Waals surface area contributed by atoms with Gasteiger partial charge >= 0.3 is 0 Å². The fourth-order valence-corrected chi connectivity index (χ4v) is 4.69. The predicted molar refractivity (Wildman–Crippen MR) is 126 cm³/mol. The summed E-state index contributed by atoms with van der Waals surface area (Å²) in [5.74, 6) is 1.42. The zero-order valence-electron chi connectivity index (χ0n) is 19.5. The average molecular weight is 431 g/mol. The molecule has 0 unspecified atom stereocenters. The average Bonchev–Trinajstić information content (AvgIpc) is 2.76. The van der Waals surface area contributed by atoms with Gasteiger partial charge in [-0.3, -0.25) is 9.59 Å². The number of carbonyl (C=O) groups is 2. The molecule has 6 N–H and O–H groups in total. The zero-order chi connectivity index (χ0) is 22.8. The van der Waals surface area contributed by atoms with Crippen LogP contribution in [0, 0.1) is 23.7 Å². The van der Waals surface area contributed by atoms with Crippen molar-refractivity contribution < 1.29 is 9.59 Å². The molecular formula is C25H42N4O2. The van der Waals surface area contributed by atoms with Crippen LogP contribution in [0.5, 0.6) is 0 Å². The molecule has 0 aromatic heterocycles. The summed E-state index contributed by atoms with van der Waals surface area (Å²) in [6.45, 7) is 7.61. The first-order valence-electron chi connectivity index (χ1n) is 11.9. The summed E-state index contributed by atoms with van der Waals surface area (Å²) < 4.78 is 0. The Kier molecular flexibility index (Phi) is 10.5. The molecule has 2 amide bonds. The number of hydrogen-bond acceptors (Lipinski definition) is 4. The smallest absolute Gasteiger partial charge is 0.237 e. The van der Waals surface area contributed by atoms with E-state index in [0.717, 1.165) is 31.2 Å². The van der Waals surface area contributed by atoms with Crippen molar-refractivity contribution >= 4 is 11.8 Å². The zero-order valence-corrected chi connectivity index (χ0v) is 19.5. The molecule has 1 fully saturated rings. The molecule has 1 aromatic carbocycles. The lowest BCUT2D eigenvalue weighted by atomic mass is 9.70. The third-order valence-corrected chi connectivity index (χ3v) is 6.66. The number of nitrogens with one attached hydrogen (secondary N) is 2. The van der Waals surface area contributed by atoms with Gasteiger partial charge in [-0.15, -0.1) is 0 Å². The molecule has 0 bridgehead atoms. The fraction of sp³-hybridized carbons (Fsp3) is 0.680. The van der Waals surface area contributed by atoms with E-state index in [0.29, 0.717) is 37.3 Å². The van der Waals surface area contributed by atoms with Crippen molar-refractivity contribution in [3.8, 4) is 0 Å². The Morgan fingerprint density at radius 1 is 1.13 bits per heavy atom. The van der Waals surface area contributed by atoms with Crippen molar-refractivity contribution in [1.82, 2.24) is 10.6 Å². The summed E-state index contributed by atoms with van der Waals surface area (Å²) in [5, 5.41) is 6.19. The van der Waals surface area contributed by atoms with E-state index in [-0.39, 0.29) is 23.8 Å². The quantitative estimate of drug-likeness (QED) is 0.404. The maximum Gasteiger partial charge on any atom is 0.237 e. The van der Waals surface area contributed by atoms with Crippen LogP contribution in [-0.4, -0.2) is 30.9 Å². The maximum atomic E-state index is 13.1. The van der Waals surface area contributed by atoms with Crippen LogP contribution in [0.3, 0.4) is 0 Å². The van der Waals surface area contributed by atoms with Crippen LogP contribution >= 0.6 is 0 Å². The van der Waals surface area contributed by atoms with Crippen LogP contribution in [0.15, 0.2) is 30.3 Å². The summed E-state index contributed by atoms with van der Waals surface area (Å²) in [5.41, 5.74) is 12.6. The van der Waals surface area contributed by atoms with E-state index >= 15 is 0 Å². The molecule has 0 aliphatic heterocycles. The lowest BCUT2D eigenvalue weighted by Crippen LogP contribution is -2.47. The largest absolute Gasteiger partial charge is 0.353 e. The molecule has 6 heteroatoms. The van der Waals surface area contributed by atoms with Gasteiger partial charge in [0.15, 0.2) is 0 Å². The van der Waals surface area contributed by atoms with Gasteiger partial charge in [0, 0.05) is 12.5 Å². The molecule has 1 aliphatic carbocycles. The van der Waals surface area contributed by atoms with Gasteiger partial charge < -0.3 is 22.1 Å². The van der Waals surface area contributed by atoms with E-state index in [4.69, 9.17) is 11.5 Å². The number of benzene rings is 1. The van der Waals surface area contributed by atoms with E-state index in [9.17, 15) is 9.59 Å². The first kappa shape index (κ1) is 25.3. The highest BCUT2D eigenvalue weighted by atomic mass is 16.2. The van der Waals surface area contributed by atoms with Gasteiger partial charge in [0.25, 0.3) is 0 Å². The third kappa shape index (κ3) is 7.93. The van der Waals surface area contributed by atoms with E-state index < -0.39 is 6.04 Å². The van der Waals surface area contributed by atoms with Crippen molar-refractivity contribution in [1.29, 1.82) is 0 Å². The first-order valence-corrected chi connectivity index (χ1v) is 11.9. The van der Waals surface area contributed by atoms with Crippen molar-refractivity contribution in [2.24, 2.45) is 35.1 Å². The van der Waals surface area contributed by atoms with Gasteiger partial charge in [-0.25, -0.2) is 0 Å². The molecule has 1 aliphatic rings.